The van der Waals surface area contributed by atoms with Gasteiger partial charge in [-0.3, -0.25) is 4.79 Å². The Morgan fingerprint density at radius 2 is 2.17 bits per heavy atom. The molecule has 0 aromatic heterocycles. The monoisotopic (exact) mass is 175 g/mol. The number of aliphatic hydroxyl groups excluding tert-OH is 1. The van der Waals surface area contributed by atoms with Crippen LogP contribution in [0.3, 0.4) is 0 Å². The third kappa shape index (κ3) is 3.72. The maximum absolute atomic E-state index is 10.6. The Labute approximate surface area is 75.6 Å². The van der Waals surface area contributed by atoms with Crippen LogP contribution in [0.15, 0.2) is 0 Å². The van der Waals surface area contributed by atoms with E-state index in [9.17, 15) is 4.79 Å². The van der Waals surface area contributed by atoms with Gasteiger partial charge in [-0.2, -0.15) is 0 Å². The number of aliphatic hydroxyl groups is 1. The molecule has 74 valence electrons. The second-order valence-corrected chi connectivity index (χ2v) is 3.47. The third-order valence-corrected chi connectivity index (χ3v) is 1.69. The minimum Gasteiger partial charge on any atom is -0.394 e. The smallest absolute Gasteiger partial charge is 0.220 e. The quantitative estimate of drug-likeness (QED) is 0.631. The van der Waals surface area contributed by atoms with Crippen molar-refractivity contribution in [3.63, 3.8) is 0 Å². The number of rotatable bonds is 1. The first-order valence-electron chi connectivity index (χ1n) is 4.50. The van der Waals surface area contributed by atoms with Gasteiger partial charge in [0.25, 0.3) is 0 Å². The van der Waals surface area contributed by atoms with Crippen LogP contribution in [0.5, 0.6) is 0 Å². The Bertz CT molecular complexity index is 153. The maximum atomic E-state index is 10.6. The van der Waals surface area contributed by atoms with Gasteiger partial charge in [0.05, 0.1) is 12.1 Å². The van der Waals surface area contributed by atoms with Crippen LogP contribution in [0.25, 0.3) is 0 Å². The zero-order valence-corrected chi connectivity index (χ0v) is 8.18. The summed E-state index contributed by atoms with van der Waals surface area (Å²) in [5, 5.41) is 11.4. The van der Waals surface area contributed by atoms with Crippen molar-refractivity contribution in [2.24, 2.45) is 0 Å². The molecule has 1 aliphatic heterocycles. The summed E-state index contributed by atoms with van der Waals surface area (Å²) in [6.07, 6.45) is 2.55. The van der Waals surface area contributed by atoms with E-state index in [1.807, 2.05) is 6.92 Å². The van der Waals surface area contributed by atoms with Gasteiger partial charge in [0, 0.05) is 7.85 Å². The molecule has 1 fully saturated rings. The van der Waals surface area contributed by atoms with Gasteiger partial charge in [-0.25, -0.2) is 0 Å². The molecule has 1 amide bonds. The SMILES string of the molecule is CCC.C[C@@]1(CO)CCC(=O)N1.[HH]. The van der Waals surface area contributed by atoms with E-state index in [1.165, 1.54) is 6.42 Å². The van der Waals surface area contributed by atoms with Crippen molar-refractivity contribution in [3.05, 3.63) is 0 Å². The van der Waals surface area contributed by atoms with E-state index in [0.29, 0.717) is 6.42 Å². The van der Waals surface area contributed by atoms with Gasteiger partial charge in [0.2, 0.25) is 5.91 Å². The summed E-state index contributed by atoms with van der Waals surface area (Å²) in [4.78, 5) is 10.6. The van der Waals surface area contributed by atoms with Crippen molar-refractivity contribution in [2.45, 2.75) is 45.6 Å². The summed E-state index contributed by atoms with van der Waals surface area (Å²) < 4.78 is 0. The molecule has 0 aromatic rings. The highest BCUT2D eigenvalue weighted by molar-refractivity contribution is 5.79. The average molecular weight is 175 g/mol. The molecule has 12 heavy (non-hydrogen) atoms. The highest BCUT2D eigenvalue weighted by Crippen LogP contribution is 2.17. The second-order valence-electron chi connectivity index (χ2n) is 3.47. The van der Waals surface area contributed by atoms with Gasteiger partial charge in [-0.05, 0) is 13.3 Å². The molecule has 2 N–H and O–H groups in total. The molecule has 0 bridgehead atoms. The van der Waals surface area contributed by atoms with E-state index < -0.39 is 0 Å². The van der Waals surface area contributed by atoms with Crippen molar-refractivity contribution in [1.82, 2.24) is 5.32 Å². The number of hydrogen-bond donors (Lipinski definition) is 2. The van der Waals surface area contributed by atoms with Gasteiger partial charge >= 0.3 is 0 Å². The number of carbonyl (C=O) groups is 1. The third-order valence-electron chi connectivity index (χ3n) is 1.69. The van der Waals surface area contributed by atoms with E-state index in [-0.39, 0.29) is 19.5 Å². The van der Waals surface area contributed by atoms with Crippen LogP contribution in [0, 0.1) is 0 Å². The fourth-order valence-electron chi connectivity index (χ4n) is 0.970. The van der Waals surface area contributed by atoms with E-state index in [1.54, 1.807) is 0 Å². The van der Waals surface area contributed by atoms with Gasteiger partial charge in [-0.1, -0.05) is 20.3 Å². The van der Waals surface area contributed by atoms with Gasteiger partial charge in [0.1, 0.15) is 0 Å². The van der Waals surface area contributed by atoms with Crippen molar-refractivity contribution < 1.29 is 11.3 Å². The molecule has 3 nitrogen and oxygen atoms in total. The van der Waals surface area contributed by atoms with Crippen LogP contribution in [0.2, 0.25) is 0 Å². The molecule has 1 aliphatic rings. The lowest BCUT2D eigenvalue weighted by Gasteiger charge is -2.19. The van der Waals surface area contributed by atoms with E-state index in [0.717, 1.165) is 6.42 Å². The van der Waals surface area contributed by atoms with Crippen LogP contribution >= 0.6 is 0 Å². The fraction of sp³-hybridized carbons (Fsp3) is 0.889. The van der Waals surface area contributed by atoms with Crippen LogP contribution in [-0.4, -0.2) is 23.2 Å². The molecule has 0 radical (unpaired) electrons. The first-order chi connectivity index (χ1) is 5.58. The maximum Gasteiger partial charge on any atom is 0.220 e. The molecular weight excluding hydrogens is 154 g/mol. The minimum atomic E-state index is -0.336. The first kappa shape index (κ1) is 11.4. The van der Waals surface area contributed by atoms with E-state index >= 15 is 0 Å². The molecule has 3 heteroatoms. The summed E-state index contributed by atoms with van der Waals surface area (Å²) in [5.41, 5.74) is -0.336. The molecule has 0 saturated carbocycles. The van der Waals surface area contributed by atoms with Crippen LogP contribution < -0.4 is 5.32 Å². The van der Waals surface area contributed by atoms with E-state index in [4.69, 9.17) is 5.11 Å². The van der Waals surface area contributed by atoms with Gasteiger partial charge in [-0.15, -0.1) is 0 Å². The molecule has 0 spiro atoms. The average Bonchev–Trinajstić information content (AvgIpc) is 2.34. The molecule has 1 saturated heterocycles. The topological polar surface area (TPSA) is 49.3 Å². The number of amides is 1. The summed E-state index contributed by atoms with van der Waals surface area (Å²) in [5.74, 6) is 0.0477. The van der Waals surface area contributed by atoms with E-state index in [2.05, 4.69) is 19.2 Å². The second kappa shape index (κ2) is 5.14. The summed E-state index contributed by atoms with van der Waals surface area (Å²) in [6, 6.07) is 0. The lowest BCUT2D eigenvalue weighted by molar-refractivity contribution is -0.119. The summed E-state index contributed by atoms with van der Waals surface area (Å²) in [6.45, 7) is 6.14. The lowest BCUT2D eigenvalue weighted by Crippen LogP contribution is -2.41. The number of nitrogens with one attached hydrogen (secondary N) is 1. The highest BCUT2D eigenvalue weighted by atomic mass is 16.3. The number of carbonyl (C=O) groups excluding carboxylic acids is 1. The zero-order chi connectivity index (χ0) is 9.61. The first-order valence-corrected chi connectivity index (χ1v) is 4.50. The Morgan fingerprint density at radius 3 is 2.33 bits per heavy atom. The predicted molar refractivity (Wildman–Crippen MR) is 50.9 cm³/mol. The van der Waals surface area contributed by atoms with Crippen LogP contribution in [0.4, 0.5) is 0 Å². The molecular formula is C9H21NO2. The Morgan fingerprint density at radius 1 is 1.67 bits per heavy atom. The molecule has 1 atom stereocenters. The van der Waals surface area contributed by atoms with Crippen LogP contribution in [0.1, 0.15) is 41.5 Å². The molecule has 0 aromatic carbocycles. The normalized spacial score (nSPS) is 27.5. The van der Waals surface area contributed by atoms with Crippen molar-refractivity contribution in [1.29, 1.82) is 0 Å². The standard InChI is InChI=1S/C6H11NO2.C3H8.H2/c1-6(4-8)3-2-5(9)7-6;1-3-2;/h8H,2-4H2,1H3,(H,7,9);3H2,1-2H3;1H/t6-;;/m0../s1. The highest BCUT2D eigenvalue weighted by Gasteiger charge is 2.31. The van der Waals surface area contributed by atoms with Crippen molar-refractivity contribution in [2.75, 3.05) is 6.61 Å². The Hall–Kier alpha value is -0.570. The molecule has 0 aliphatic carbocycles. The van der Waals surface area contributed by atoms with Gasteiger partial charge < -0.3 is 10.4 Å². The summed E-state index contributed by atoms with van der Waals surface area (Å²) >= 11 is 0. The lowest BCUT2D eigenvalue weighted by atomic mass is 10.0. The molecule has 1 heterocycles. The Kier molecular flexibility index (Phi) is 4.90. The minimum absolute atomic E-state index is 0. The van der Waals surface area contributed by atoms with Crippen LogP contribution in [-0.2, 0) is 4.79 Å². The largest absolute Gasteiger partial charge is 0.394 e. The zero-order valence-electron chi connectivity index (χ0n) is 8.18. The molecule has 0 unspecified atom stereocenters. The van der Waals surface area contributed by atoms with Crippen molar-refractivity contribution >= 4 is 5.91 Å². The molecule has 1 rings (SSSR count). The van der Waals surface area contributed by atoms with Gasteiger partial charge in [0.15, 0.2) is 0 Å². The summed E-state index contributed by atoms with van der Waals surface area (Å²) in [7, 11) is 0. The fourth-order valence-corrected chi connectivity index (χ4v) is 0.970. The van der Waals surface area contributed by atoms with Crippen molar-refractivity contribution in [3.8, 4) is 0 Å². The predicted octanol–water partition coefficient (Wildman–Crippen LogP) is 1.31. The Balaban J connectivity index is 0. The number of hydrogen-bond acceptors (Lipinski definition) is 2.